The molecule has 0 aliphatic carbocycles. The van der Waals surface area contributed by atoms with Crippen LogP contribution in [-0.2, 0) is 5.75 Å². The van der Waals surface area contributed by atoms with E-state index in [0.29, 0.717) is 0 Å². The van der Waals surface area contributed by atoms with E-state index in [2.05, 4.69) is 29.6 Å². The molecule has 0 spiro atoms. The van der Waals surface area contributed by atoms with Crippen LogP contribution < -0.4 is 4.74 Å². The van der Waals surface area contributed by atoms with E-state index in [0.717, 1.165) is 11.5 Å². The van der Waals surface area contributed by atoms with E-state index in [1.807, 2.05) is 23.9 Å². The number of ether oxygens (including phenoxy) is 1. The molecule has 15 heavy (non-hydrogen) atoms. The second kappa shape index (κ2) is 5.24. The predicted molar refractivity (Wildman–Crippen MR) is 66.9 cm³/mol. The van der Waals surface area contributed by atoms with Crippen LogP contribution in [-0.4, -0.2) is 7.11 Å². The maximum Gasteiger partial charge on any atom is 0.118 e. The van der Waals surface area contributed by atoms with Gasteiger partial charge in [-0.3, -0.25) is 0 Å². The lowest BCUT2D eigenvalue weighted by Gasteiger charge is -2.02. The zero-order valence-electron chi connectivity index (χ0n) is 8.47. The maximum absolute atomic E-state index is 5.11. The molecule has 0 aliphatic heterocycles. The fraction of sp³-hybridized carbons (Fsp3) is 0.167. The first-order valence-corrected chi connectivity index (χ1v) is 6.54. The van der Waals surface area contributed by atoms with Crippen molar-refractivity contribution in [3.8, 4) is 5.75 Å². The van der Waals surface area contributed by atoms with Gasteiger partial charge in [-0.05, 0) is 35.7 Å². The third-order valence-corrected chi connectivity index (χ3v) is 4.14. The summed E-state index contributed by atoms with van der Waals surface area (Å²) in [4.78, 5) is 2.69. The molecule has 0 amide bonds. The van der Waals surface area contributed by atoms with Gasteiger partial charge in [0, 0.05) is 15.5 Å². The van der Waals surface area contributed by atoms with Gasteiger partial charge in [-0.25, -0.2) is 0 Å². The van der Waals surface area contributed by atoms with Crippen LogP contribution in [0.5, 0.6) is 5.75 Å². The predicted octanol–water partition coefficient (Wildman–Crippen LogP) is 4.05. The van der Waals surface area contributed by atoms with Gasteiger partial charge in [0.1, 0.15) is 5.75 Å². The summed E-state index contributed by atoms with van der Waals surface area (Å²) in [6.07, 6.45) is 0. The average molecular weight is 236 g/mol. The molecule has 2 aromatic rings. The Bertz CT molecular complexity index is 392. The van der Waals surface area contributed by atoms with E-state index in [9.17, 15) is 0 Å². The molecule has 0 unspecified atom stereocenters. The fourth-order valence-electron chi connectivity index (χ4n) is 1.22. The summed E-state index contributed by atoms with van der Waals surface area (Å²) in [5, 5.41) is 2.11. The zero-order valence-corrected chi connectivity index (χ0v) is 10.1. The average Bonchev–Trinajstić information content (AvgIpc) is 2.80. The molecule has 0 bridgehead atoms. The Balaban J connectivity index is 1.93. The third kappa shape index (κ3) is 3.01. The summed E-state index contributed by atoms with van der Waals surface area (Å²) in [5.41, 5.74) is 0. The molecule has 1 nitrogen and oxygen atoms in total. The summed E-state index contributed by atoms with van der Waals surface area (Å²) in [5.74, 6) is 1.96. The highest BCUT2D eigenvalue weighted by molar-refractivity contribution is 7.98. The Morgan fingerprint density at radius 3 is 2.60 bits per heavy atom. The highest BCUT2D eigenvalue weighted by atomic mass is 32.2. The number of benzene rings is 1. The fourth-order valence-corrected chi connectivity index (χ4v) is 2.89. The Hall–Kier alpha value is -0.930. The van der Waals surface area contributed by atoms with Crippen LogP contribution in [0.15, 0.2) is 46.7 Å². The number of thioether (sulfide) groups is 1. The smallest absolute Gasteiger partial charge is 0.118 e. The van der Waals surface area contributed by atoms with Crippen LogP contribution in [0.25, 0.3) is 0 Å². The molecular formula is C12H12OS2. The lowest BCUT2D eigenvalue weighted by atomic mass is 10.3. The van der Waals surface area contributed by atoms with Crippen LogP contribution in [0.4, 0.5) is 0 Å². The molecule has 0 fully saturated rings. The van der Waals surface area contributed by atoms with Gasteiger partial charge in [-0.1, -0.05) is 6.07 Å². The van der Waals surface area contributed by atoms with Crippen molar-refractivity contribution in [3.05, 3.63) is 46.7 Å². The van der Waals surface area contributed by atoms with Gasteiger partial charge in [0.25, 0.3) is 0 Å². The molecule has 2 rings (SSSR count). The van der Waals surface area contributed by atoms with E-state index in [1.54, 1.807) is 18.4 Å². The second-order valence-electron chi connectivity index (χ2n) is 3.04. The Morgan fingerprint density at radius 2 is 2.00 bits per heavy atom. The normalized spacial score (nSPS) is 10.2. The van der Waals surface area contributed by atoms with E-state index < -0.39 is 0 Å². The minimum Gasteiger partial charge on any atom is -0.497 e. The number of methoxy groups -OCH3 is 1. The summed E-state index contributed by atoms with van der Waals surface area (Å²) >= 11 is 3.66. The number of hydrogen-bond donors (Lipinski definition) is 0. The van der Waals surface area contributed by atoms with Gasteiger partial charge in [-0.15, -0.1) is 23.1 Å². The Morgan fingerprint density at radius 1 is 1.20 bits per heavy atom. The lowest BCUT2D eigenvalue weighted by molar-refractivity contribution is 0.414. The van der Waals surface area contributed by atoms with Gasteiger partial charge in [0.2, 0.25) is 0 Å². The maximum atomic E-state index is 5.11. The van der Waals surface area contributed by atoms with Gasteiger partial charge in [0.05, 0.1) is 7.11 Å². The SMILES string of the molecule is COc1ccc(SCc2cccs2)cc1. The summed E-state index contributed by atoms with van der Waals surface area (Å²) in [6.45, 7) is 0. The minimum absolute atomic E-state index is 0.912. The molecule has 0 N–H and O–H groups in total. The van der Waals surface area contributed by atoms with Crippen LogP contribution in [0.3, 0.4) is 0 Å². The highest BCUT2D eigenvalue weighted by Crippen LogP contribution is 2.26. The molecule has 3 heteroatoms. The van der Waals surface area contributed by atoms with Crippen molar-refractivity contribution >= 4 is 23.1 Å². The van der Waals surface area contributed by atoms with Crippen molar-refractivity contribution in [3.63, 3.8) is 0 Å². The summed E-state index contributed by atoms with van der Waals surface area (Å²) in [7, 11) is 1.69. The largest absolute Gasteiger partial charge is 0.497 e. The standard InChI is InChI=1S/C12H12OS2/c1-13-10-4-6-11(7-5-10)15-9-12-3-2-8-14-12/h2-8H,9H2,1H3. The monoisotopic (exact) mass is 236 g/mol. The Labute approximate surface area is 98.1 Å². The van der Waals surface area contributed by atoms with Crippen LogP contribution in [0, 0.1) is 0 Å². The quantitative estimate of drug-likeness (QED) is 0.741. The molecule has 1 aromatic carbocycles. The molecule has 1 aromatic heterocycles. The number of rotatable bonds is 4. The van der Waals surface area contributed by atoms with Crippen molar-refractivity contribution in [2.24, 2.45) is 0 Å². The lowest BCUT2D eigenvalue weighted by Crippen LogP contribution is -1.81. The van der Waals surface area contributed by atoms with Crippen molar-refractivity contribution in [1.29, 1.82) is 0 Å². The molecule has 0 atom stereocenters. The van der Waals surface area contributed by atoms with Gasteiger partial charge >= 0.3 is 0 Å². The van der Waals surface area contributed by atoms with Crippen molar-refractivity contribution < 1.29 is 4.74 Å². The van der Waals surface area contributed by atoms with Crippen LogP contribution in [0.1, 0.15) is 4.88 Å². The van der Waals surface area contributed by atoms with Gasteiger partial charge in [-0.2, -0.15) is 0 Å². The first-order valence-electron chi connectivity index (χ1n) is 4.68. The highest BCUT2D eigenvalue weighted by Gasteiger charge is 1.97. The van der Waals surface area contributed by atoms with Gasteiger partial charge < -0.3 is 4.74 Å². The number of hydrogen-bond acceptors (Lipinski definition) is 3. The molecule has 1 heterocycles. The summed E-state index contributed by atoms with van der Waals surface area (Å²) < 4.78 is 5.11. The molecular weight excluding hydrogens is 224 g/mol. The van der Waals surface area contributed by atoms with Gasteiger partial charge in [0.15, 0.2) is 0 Å². The topological polar surface area (TPSA) is 9.23 Å². The third-order valence-electron chi connectivity index (χ3n) is 2.02. The van der Waals surface area contributed by atoms with E-state index in [1.165, 1.54) is 9.77 Å². The van der Waals surface area contributed by atoms with Crippen LogP contribution in [0.2, 0.25) is 0 Å². The molecule has 0 saturated carbocycles. The summed E-state index contributed by atoms with van der Waals surface area (Å²) in [6, 6.07) is 12.4. The first kappa shape index (κ1) is 10.6. The zero-order chi connectivity index (χ0) is 10.5. The molecule has 78 valence electrons. The molecule has 0 saturated heterocycles. The molecule has 0 aliphatic rings. The molecule has 0 radical (unpaired) electrons. The van der Waals surface area contributed by atoms with Crippen molar-refractivity contribution in [2.45, 2.75) is 10.6 Å². The van der Waals surface area contributed by atoms with Crippen molar-refractivity contribution in [2.75, 3.05) is 7.11 Å². The minimum atomic E-state index is 0.912. The van der Waals surface area contributed by atoms with E-state index >= 15 is 0 Å². The van der Waals surface area contributed by atoms with Crippen molar-refractivity contribution in [1.82, 2.24) is 0 Å². The number of thiophene rings is 1. The second-order valence-corrected chi connectivity index (χ2v) is 5.12. The van der Waals surface area contributed by atoms with E-state index in [4.69, 9.17) is 4.74 Å². The Kier molecular flexibility index (Phi) is 3.69. The van der Waals surface area contributed by atoms with E-state index in [-0.39, 0.29) is 0 Å². The van der Waals surface area contributed by atoms with Crippen LogP contribution >= 0.6 is 23.1 Å². The first-order chi connectivity index (χ1) is 7.38.